The van der Waals surface area contributed by atoms with Gasteiger partial charge >= 0.3 is 0 Å². The van der Waals surface area contributed by atoms with Crippen LogP contribution in [0.3, 0.4) is 0 Å². The Kier molecular flexibility index (Phi) is 9.57. The van der Waals surface area contributed by atoms with E-state index in [2.05, 4.69) is 42.6 Å². The molecule has 11 nitrogen and oxygen atoms in total. The highest BCUT2D eigenvalue weighted by atomic mass is 32.2. The van der Waals surface area contributed by atoms with Crippen molar-refractivity contribution in [1.29, 1.82) is 0 Å². The molecule has 12 heteroatoms. The number of anilines is 1. The van der Waals surface area contributed by atoms with Crippen molar-refractivity contribution in [2.45, 2.75) is 96.0 Å². The third kappa shape index (κ3) is 7.77. The number of nitrogens with zero attached hydrogens (tertiary/aromatic N) is 5. The maximum atomic E-state index is 14.5. The summed E-state index contributed by atoms with van der Waals surface area (Å²) in [6.07, 6.45) is 8.13. The molecule has 0 radical (unpaired) electrons. The van der Waals surface area contributed by atoms with Crippen LogP contribution in [-0.4, -0.2) is 65.0 Å². The van der Waals surface area contributed by atoms with E-state index in [1.807, 2.05) is 19.9 Å². The van der Waals surface area contributed by atoms with Crippen molar-refractivity contribution in [2.75, 3.05) is 24.5 Å². The Bertz CT molecular complexity index is 2040. The quantitative estimate of drug-likeness (QED) is 0.225. The second-order valence-electron chi connectivity index (χ2n) is 15.3. The van der Waals surface area contributed by atoms with Gasteiger partial charge in [0.2, 0.25) is 11.8 Å². The van der Waals surface area contributed by atoms with Gasteiger partial charge in [-0.2, -0.15) is 4.98 Å². The minimum Gasteiger partial charge on any atom is -0.475 e. The molecule has 7 rings (SSSR count). The topological polar surface area (TPSA) is 136 Å². The van der Waals surface area contributed by atoms with Crippen molar-refractivity contribution in [2.24, 2.45) is 5.41 Å². The summed E-state index contributed by atoms with van der Waals surface area (Å²) in [5, 5.41) is 0. The lowest BCUT2D eigenvalue weighted by molar-refractivity contribution is 0.0508. The molecule has 268 valence electrons. The van der Waals surface area contributed by atoms with Crippen LogP contribution >= 0.6 is 0 Å². The zero-order valence-electron chi connectivity index (χ0n) is 30.0. The second-order valence-corrected chi connectivity index (χ2v) is 16.9. The molecule has 2 aromatic carbocycles. The minimum atomic E-state index is -4.18. The standard InChI is InChI=1S/C39H46N6O5S/c1-24-8-6-11-32(26-12-13-26)34(24)35-25(2)36-43-38(42-35)44-51(47,48)31-10-7-9-28(18-31)37(46)45(30(23-50-36)19-39(3,4)5)22-29-20-41-33(21-40-29)27-14-16-49-17-15-27/h6-11,18,20-21,26-27,30H,12-17,19,22-23H2,1-5H3,(H,42,43,44)/t30-/m1/s1. The second kappa shape index (κ2) is 14.0. The third-order valence-corrected chi connectivity index (χ3v) is 11.3. The Labute approximate surface area is 300 Å². The molecule has 1 N–H and O–H groups in total. The average molecular weight is 711 g/mol. The monoisotopic (exact) mass is 710 g/mol. The van der Waals surface area contributed by atoms with Crippen molar-refractivity contribution in [3.8, 4) is 17.1 Å². The van der Waals surface area contributed by atoms with E-state index in [9.17, 15) is 13.2 Å². The van der Waals surface area contributed by atoms with E-state index in [1.165, 1.54) is 17.7 Å². The lowest BCUT2D eigenvalue weighted by Crippen LogP contribution is -2.45. The van der Waals surface area contributed by atoms with Crippen LogP contribution in [0.15, 0.2) is 59.8 Å². The van der Waals surface area contributed by atoms with Gasteiger partial charge in [0.15, 0.2) is 0 Å². The number of carbonyl (C=O) groups is 1. The molecule has 1 aliphatic carbocycles. The van der Waals surface area contributed by atoms with Crippen molar-refractivity contribution in [3.05, 3.63) is 88.5 Å². The van der Waals surface area contributed by atoms with E-state index in [1.54, 1.807) is 29.4 Å². The van der Waals surface area contributed by atoms with Crippen LogP contribution in [0.4, 0.5) is 5.95 Å². The molecule has 0 spiro atoms. The van der Waals surface area contributed by atoms with E-state index >= 15 is 0 Å². The van der Waals surface area contributed by atoms with Crippen molar-refractivity contribution in [1.82, 2.24) is 24.8 Å². The molecule has 1 amide bonds. The molecular formula is C39H46N6O5S. The third-order valence-electron chi connectivity index (χ3n) is 9.94. The number of sulfonamides is 1. The van der Waals surface area contributed by atoms with E-state index in [0.717, 1.165) is 42.5 Å². The number of carbonyl (C=O) groups excluding carboxylic acids is 1. The van der Waals surface area contributed by atoms with E-state index in [4.69, 9.17) is 24.4 Å². The van der Waals surface area contributed by atoms with Gasteiger partial charge in [0.1, 0.15) is 6.61 Å². The largest absolute Gasteiger partial charge is 0.475 e. The number of fused-ring (bicyclic) bond motifs is 4. The first-order valence-corrected chi connectivity index (χ1v) is 19.3. The van der Waals surface area contributed by atoms with Crippen LogP contribution in [0.2, 0.25) is 0 Å². The molecule has 3 aliphatic rings. The zero-order chi connectivity index (χ0) is 35.9. The Hall–Kier alpha value is -4.42. The van der Waals surface area contributed by atoms with Gasteiger partial charge < -0.3 is 14.4 Å². The molecule has 4 heterocycles. The molecule has 0 unspecified atom stereocenters. The van der Waals surface area contributed by atoms with Crippen LogP contribution in [0.25, 0.3) is 11.3 Å². The SMILES string of the molecule is Cc1cccc(C2CC2)c1-c1nc2nc(c1C)OC[C@@H](CC(C)(C)C)N(Cc1cnc(C3CCOCC3)cn1)C(=O)c1cccc(c1)S(=O)(=O)N2. The summed E-state index contributed by atoms with van der Waals surface area (Å²) in [6, 6.07) is 11.9. The van der Waals surface area contributed by atoms with E-state index in [-0.39, 0.29) is 46.8 Å². The smallest absolute Gasteiger partial charge is 0.264 e. The molecule has 4 bridgehead atoms. The molecular weight excluding hydrogens is 665 g/mol. The number of amides is 1. The number of benzene rings is 2. The fourth-order valence-corrected chi connectivity index (χ4v) is 8.14. The Morgan fingerprint density at radius 2 is 1.71 bits per heavy atom. The first kappa shape index (κ1) is 35.0. The number of aryl methyl sites for hydroxylation is 1. The van der Waals surface area contributed by atoms with E-state index < -0.39 is 16.1 Å². The molecule has 2 aliphatic heterocycles. The Morgan fingerprint density at radius 3 is 2.41 bits per heavy atom. The van der Waals surface area contributed by atoms with Crippen molar-refractivity contribution >= 4 is 21.9 Å². The van der Waals surface area contributed by atoms with Gasteiger partial charge in [0, 0.05) is 42.0 Å². The fraction of sp³-hybridized carbons (Fsp3) is 0.462. The van der Waals surface area contributed by atoms with Crippen molar-refractivity contribution < 1.29 is 22.7 Å². The predicted molar refractivity (Wildman–Crippen MR) is 194 cm³/mol. The maximum absolute atomic E-state index is 14.5. The Morgan fingerprint density at radius 1 is 0.941 bits per heavy atom. The lowest BCUT2D eigenvalue weighted by atomic mass is 9.87. The number of hydrogen-bond donors (Lipinski definition) is 1. The average Bonchev–Trinajstić information content (AvgIpc) is 3.95. The molecule has 51 heavy (non-hydrogen) atoms. The summed E-state index contributed by atoms with van der Waals surface area (Å²) in [5.74, 6) is 0.568. The first-order chi connectivity index (χ1) is 24.4. The zero-order valence-corrected chi connectivity index (χ0v) is 30.8. The van der Waals surface area contributed by atoms with Crippen LogP contribution in [0, 0.1) is 19.3 Å². The highest BCUT2D eigenvalue weighted by Gasteiger charge is 2.33. The summed E-state index contributed by atoms with van der Waals surface area (Å²) in [7, 11) is -4.18. The molecule has 2 fully saturated rings. The highest BCUT2D eigenvalue weighted by molar-refractivity contribution is 7.92. The summed E-state index contributed by atoms with van der Waals surface area (Å²) in [6.45, 7) is 12.0. The maximum Gasteiger partial charge on any atom is 0.264 e. The molecule has 1 atom stereocenters. The van der Waals surface area contributed by atoms with Gasteiger partial charge in [-0.05, 0) is 86.6 Å². The summed E-state index contributed by atoms with van der Waals surface area (Å²) >= 11 is 0. The predicted octanol–water partition coefficient (Wildman–Crippen LogP) is 6.96. The number of hydrogen-bond acceptors (Lipinski definition) is 9. The lowest BCUT2D eigenvalue weighted by Gasteiger charge is -2.35. The van der Waals surface area contributed by atoms with Crippen LogP contribution in [0.5, 0.6) is 5.88 Å². The number of rotatable bonds is 6. The van der Waals surface area contributed by atoms with Gasteiger partial charge in [-0.3, -0.25) is 14.8 Å². The highest BCUT2D eigenvalue weighted by Crippen LogP contribution is 2.46. The van der Waals surface area contributed by atoms with Crippen LogP contribution in [0.1, 0.15) is 103 Å². The number of ether oxygens (including phenoxy) is 2. The van der Waals surface area contributed by atoms with Crippen LogP contribution < -0.4 is 9.46 Å². The summed E-state index contributed by atoms with van der Waals surface area (Å²) in [5.41, 5.74) is 6.12. The molecule has 2 aromatic heterocycles. The Balaban J connectivity index is 1.33. The van der Waals surface area contributed by atoms with Gasteiger partial charge in [0.05, 0.1) is 40.8 Å². The van der Waals surface area contributed by atoms with Gasteiger partial charge in [0.25, 0.3) is 15.9 Å². The van der Waals surface area contributed by atoms with Gasteiger partial charge in [-0.15, -0.1) is 0 Å². The summed E-state index contributed by atoms with van der Waals surface area (Å²) < 4.78 is 42.4. The van der Waals surface area contributed by atoms with Gasteiger partial charge in [-0.25, -0.2) is 18.1 Å². The molecule has 4 aromatic rings. The molecule has 1 saturated heterocycles. The summed E-state index contributed by atoms with van der Waals surface area (Å²) in [4.78, 5) is 35.2. The molecule has 1 saturated carbocycles. The van der Waals surface area contributed by atoms with E-state index in [0.29, 0.717) is 48.4 Å². The number of nitrogens with one attached hydrogen (secondary N) is 1. The number of aromatic nitrogens is 4. The normalized spacial score (nSPS) is 19.7. The minimum absolute atomic E-state index is 0.0664. The first-order valence-electron chi connectivity index (χ1n) is 17.8. The fourth-order valence-electron chi connectivity index (χ4n) is 7.15. The van der Waals surface area contributed by atoms with Gasteiger partial charge in [-0.1, -0.05) is 45.0 Å². The van der Waals surface area contributed by atoms with Crippen LogP contribution in [-0.2, 0) is 21.3 Å². The van der Waals surface area contributed by atoms with Crippen molar-refractivity contribution in [3.63, 3.8) is 0 Å².